The van der Waals surface area contributed by atoms with E-state index in [2.05, 4.69) is 0 Å². The second kappa shape index (κ2) is 7.11. The van der Waals surface area contributed by atoms with E-state index in [9.17, 15) is 15.0 Å². The van der Waals surface area contributed by atoms with Crippen LogP contribution in [0.4, 0.5) is 0 Å². The van der Waals surface area contributed by atoms with Gasteiger partial charge in [-0.15, -0.1) is 0 Å². The zero-order chi connectivity index (χ0) is 16.9. The van der Waals surface area contributed by atoms with Crippen molar-refractivity contribution in [2.45, 2.75) is 12.0 Å². The molecule has 0 spiro atoms. The predicted octanol–water partition coefficient (Wildman–Crippen LogP) is 4.26. The molecule has 3 nitrogen and oxygen atoms in total. The van der Waals surface area contributed by atoms with Gasteiger partial charge in [-0.05, 0) is 22.3 Å². The number of benzene rings is 3. The zero-order valence-electron chi connectivity index (χ0n) is 13.0. The van der Waals surface area contributed by atoms with Gasteiger partial charge in [0.15, 0.2) is 0 Å². The molecule has 0 aliphatic carbocycles. The van der Waals surface area contributed by atoms with Gasteiger partial charge in [0.2, 0.25) is 0 Å². The van der Waals surface area contributed by atoms with Crippen molar-refractivity contribution >= 4 is 5.97 Å². The number of hydrogen-bond acceptors (Lipinski definition) is 2. The van der Waals surface area contributed by atoms with E-state index >= 15 is 0 Å². The molecular weight excluding hydrogens is 300 g/mol. The Hall–Kier alpha value is -2.91. The highest BCUT2D eigenvalue weighted by atomic mass is 16.4. The molecule has 0 bridgehead atoms. The van der Waals surface area contributed by atoms with E-state index < -0.39 is 18.0 Å². The first-order valence-electron chi connectivity index (χ1n) is 7.78. The quantitative estimate of drug-likeness (QED) is 0.739. The lowest BCUT2D eigenvalue weighted by molar-refractivity contribution is -0.141. The minimum absolute atomic E-state index is 0.588. The number of aliphatic hydroxyl groups excluding tert-OH is 1. The summed E-state index contributed by atoms with van der Waals surface area (Å²) in [6, 6.07) is 26.1. The fraction of sp³-hybridized carbons (Fsp3) is 0.0952. The van der Waals surface area contributed by atoms with E-state index in [1.807, 2.05) is 48.5 Å². The maximum Gasteiger partial charge on any atom is 0.314 e. The second-order valence-electron chi connectivity index (χ2n) is 5.66. The van der Waals surface area contributed by atoms with E-state index in [1.165, 1.54) is 0 Å². The van der Waals surface area contributed by atoms with Crippen LogP contribution >= 0.6 is 0 Å². The molecule has 120 valence electrons. The maximum atomic E-state index is 11.6. The number of carbonyl (C=O) groups is 1. The van der Waals surface area contributed by atoms with Crippen molar-refractivity contribution in [2.24, 2.45) is 0 Å². The summed E-state index contributed by atoms with van der Waals surface area (Å²) in [4.78, 5) is 11.6. The summed E-state index contributed by atoms with van der Waals surface area (Å²) in [5, 5.41) is 20.1. The highest BCUT2D eigenvalue weighted by molar-refractivity contribution is 5.77. The average Bonchev–Trinajstić information content (AvgIpc) is 2.63. The van der Waals surface area contributed by atoms with E-state index in [-0.39, 0.29) is 0 Å². The number of carboxylic acid groups (broad SMARTS) is 1. The first-order chi connectivity index (χ1) is 11.7. The minimum atomic E-state index is -1.10. The van der Waals surface area contributed by atoms with Gasteiger partial charge >= 0.3 is 5.97 Å². The molecule has 3 aromatic carbocycles. The molecule has 0 aliphatic rings. The molecule has 0 saturated heterocycles. The predicted molar refractivity (Wildman–Crippen MR) is 93.7 cm³/mol. The Balaban J connectivity index is 1.88. The second-order valence-corrected chi connectivity index (χ2v) is 5.66. The van der Waals surface area contributed by atoms with E-state index in [1.54, 1.807) is 36.4 Å². The Labute approximate surface area is 140 Å². The largest absolute Gasteiger partial charge is 0.481 e. The summed E-state index contributed by atoms with van der Waals surface area (Å²) in [5.41, 5.74) is 3.28. The molecular formula is C21H18O3. The Morgan fingerprint density at radius 3 is 1.71 bits per heavy atom. The molecule has 0 amide bonds. The van der Waals surface area contributed by atoms with Gasteiger partial charge in [-0.3, -0.25) is 4.79 Å². The number of aliphatic hydroxyl groups is 1. The van der Waals surface area contributed by atoms with Crippen molar-refractivity contribution in [3.63, 3.8) is 0 Å². The van der Waals surface area contributed by atoms with Crippen LogP contribution in [0.5, 0.6) is 0 Å². The molecule has 0 saturated carbocycles. The van der Waals surface area contributed by atoms with Gasteiger partial charge in [-0.25, -0.2) is 0 Å². The van der Waals surface area contributed by atoms with Crippen LogP contribution in [0.2, 0.25) is 0 Å². The molecule has 3 rings (SSSR count). The third kappa shape index (κ3) is 3.36. The highest BCUT2D eigenvalue weighted by Crippen LogP contribution is 2.32. The molecule has 2 atom stereocenters. The van der Waals surface area contributed by atoms with Crippen molar-refractivity contribution in [1.29, 1.82) is 0 Å². The zero-order valence-corrected chi connectivity index (χ0v) is 13.0. The van der Waals surface area contributed by atoms with E-state index in [0.29, 0.717) is 11.1 Å². The summed E-state index contributed by atoms with van der Waals surface area (Å²) in [7, 11) is 0. The number of carboxylic acids is 1. The van der Waals surface area contributed by atoms with Crippen LogP contribution < -0.4 is 0 Å². The SMILES string of the molecule is O=C(O)C(c1ccccc1)C(O)c1ccc(-c2ccccc2)cc1. The lowest BCUT2D eigenvalue weighted by atomic mass is 9.88. The van der Waals surface area contributed by atoms with Crippen molar-refractivity contribution < 1.29 is 15.0 Å². The Kier molecular flexibility index (Phi) is 4.73. The van der Waals surface area contributed by atoms with Crippen LogP contribution in [0.1, 0.15) is 23.1 Å². The van der Waals surface area contributed by atoms with Crippen LogP contribution in [0, 0.1) is 0 Å². The van der Waals surface area contributed by atoms with E-state index in [0.717, 1.165) is 11.1 Å². The van der Waals surface area contributed by atoms with Crippen molar-refractivity contribution in [3.05, 3.63) is 96.1 Å². The fourth-order valence-electron chi connectivity index (χ4n) is 2.82. The number of rotatable bonds is 5. The smallest absolute Gasteiger partial charge is 0.314 e. The molecule has 0 heterocycles. The number of aliphatic carboxylic acids is 1. The third-order valence-corrected chi connectivity index (χ3v) is 4.10. The van der Waals surface area contributed by atoms with Crippen LogP contribution in [0.25, 0.3) is 11.1 Å². The molecule has 2 unspecified atom stereocenters. The Morgan fingerprint density at radius 2 is 1.17 bits per heavy atom. The maximum absolute atomic E-state index is 11.6. The van der Waals surface area contributed by atoms with Gasteiger partial charge in [0, 0.05) is 0 Å². The first-order valence-corrected chi connectivity index (χ1v) is 7.78. The van der Waals surface area contributed by atoms with Gasteiger partial charge < -0.3 is 10.2 Å². The Morgan fingerprint density at radius 1 is 0.667 bits per heavy atom. The molecule has 0 fully saturated rings. The first kappa shape index (κ1) is 16.0. The van der Waals surface area contributed by atoms with Gasteiger partial charge in [-0.2, -0.15) is 0 Å². The van der Waals surface area contributed by atoms with Crippen LogP contribution in [0.15, 0.2) is 84.9 Å². The molecule has 2 N–H and O–H groups in total. The standard InChI is InChI=1S/C21H18O3/c22-20(19(21(23)24)17-9-5-2-6-10-17)18-13-11-16(12-14-18)15-7-3-1-4-8-15/h1-14,19-20,22H,(H,23,24). The van der Waals surface area contributed by atoms with Crippen molar-refractivity contribution in [1.82, 2.24) is 0 Å². The van der Waals surface area contributed by atoms with Crippen molar-refractivity contribution in [2.75, 3.05) is 0 Å². The van der Waals surface area contributed by atoms with Crippen LogP contribution in [-0.2, 0) is 4.79 Å². The summed E-state index contributed by atoms with van der Waals surface area (Å²) >= 11 is 0. The van der Waals surface area contributed by atoms with E-state index in [4.69, 9.17) is 0 Å². The lowest BCUT2D eigenvalue weighted by Crippen LogP contribution is -2.20. The molecule has 0 aromatic heterocycles. The average molecular weight is 318 g/mol. The summed E-state index contributed by atoms with van der Waals surface area (Å²) in [6.07, 6.45) is -1.10. The molecule has 3 aromatic rings. The summed E-state index contributed by atoms with van der Waals surface area (Å²) in [6.45, 7) is 0. The summed E-state index contributed by atoms with van der Waals surface area (Å²) < 4.78 is 0. The fourth-order valence-corrected chi connectivity index (χ4v) is 2.82. The molecule has 0 radical (unpaired) electrons. The summed E-state index contributed by atoms with van der Waals surface area (Å²) in [5.74, 6) is -2.03. The lowest BCUT2D eigenvalue weighted by Gasteiger charge is -2.20. The molecule has 3 heteroatoms. The van der Waals surface area contributed by atoms with Gasteiger partial charge in [0.25, 0.3) is 0 Å². The van der Waals surface area contributed by atoms with Crippen molar-refractivity contribution in [3.8, 4) is 11.1 Å². The van der Waals surface area contributed by atoms with Crippen LogP contribution in [-0.4, -0.2) is 16.2 Å². The highest BCUT2D eigenvalue weighted by Gasteiger charge is 2.29. The Bertz CT molecular complexity index is 796. The third-order valence-electron chi connectivity index (χ3n) is 4.10. The van der Waals surface area contributed by atoms with Gasteiger partial charge in [-0.1, -0.05) is 84.9 Å². The van der Waals surface area contributed by atoms with Crippen LogP contribution in [0.3, 0.4) is 0 Å². The van der Waals surface area contributed by atoms with Gasteiger partial charge in [0.1, 0.15) is 5.92 Å². The van der Waals surface area contributed by atoms with Gasteiger partial charge in [0.05, 0.1) is 6.10 Å². The normalized spacial score (nSPS) is 13.2. The minimum Gasteiger partial charge on any atom is -0.481 e. The monoisotopic (exact) mass is 318 g/mol. The topological polar surface area (TPSA) is 57.5 Å². The number of hydrogen-bond donors (Lipinski definition) is 2. The molecule has 0 aliphatic heterocycles. The molecule has 24 heavy (non-hydrogen) atoms.